The zero-order valence-electron chi connectivity index (χ0n) is 14.5. The summed E-state index contributed by atoms with van der Waals surface area (Å²) in [6.07, 6.45) is 0.203. The zero-order chi connectivity index (χ0) is 20.5. The van der Waals surface area contributed by atoms with Gasteiger partial charge in [0.1, 0.15) is 5.82 Å². The summed E-state index contributed by atoms with van der Waals surface area (Å²) >= 11 is 6.07. The van der Waals surface area contributed by atoms with E-state index in [2.05, 4.69) is 0 Å². The molecule has 2 aromatic rings. The maximum Gasteiger partial charge on any atom is 0.270 e. The highest BCUT2D eigenvalue weighted by molar-refractivity contribution is 7.91. The molecule has 1 unspecified atom stereocenters. The lowest BCUT2D eigenvalue weighted by atomic mass is 10.1. The Morgan fingerprint density at radius 1 is 1.29 bits per heavy atom. The van der Waals surface area contributed by atoms with Crippen molar-refractivity contribution < 1.29 is 22.5 Å². The van der Waals surface area contributed by atoms with E-state index in [1.807, 2.05) is 0 Å². The van der Waals surface area contributed by atoms with Gasteiger partial charge in [0, 0.05) is 30.3 Å². The number of rotatable bonds is 5. The second kappa shape index (κ2) is 7.84. The zero-order valence-corrected chi connectivity index (χ0v) is 16.1. The van der Waals surface area contributed by atoms with E-state index in [1.54, 1.807) is 6.07 Å². The third kappa shape index (κ3) is 4.31. The van der Waals surface area contributed by atoms with Crippen molar-refractivity contribution in [3.05, 3.63) is 74.5 Å². The van der Waals surface area contributed by atoms with E-state index in [-0.39, 0.29) is 46.3 Å². The molecule has 1 saturated heterocycles. The molecule has 0 spiro atoms. The van der Waals surface area contributed by atoms with Crippen LogP contribution in [0.15, 0.2) is 42.5 Å². The summed E-state index contributed by atoms with van der Waals surface area (Å²) in [5, 5.41) is 11.0. The van der Waals surface area contributed by atoms with Crippen molar-refractivity contribution in [1.82, 2.24) is 4.90 Å². The Labute approximate surface area is 165 Å². The quantitative estimate of drug-likeness (QED) is 0.540. The second-order valence-corrected chi connectivity index (χ2v) is 9.14. The molecule has 0 bridgehead atoms. The van der Waals surface area contributed by atoms with Gasteiger partial charge in [-0.3, -0.25) is 14.9 Å². The highest BCUT2D eigenvalue weighted by Gasteiger charge is 2.36. The van der Waals surface area contributed by atoms with E-state index < -0.39 is 32.5 Å². The lowest BCUT2D eigenvalue weighted by Crippen LogP contribution is -2.41. The summed E-state index contributed by atoms with van der Waals surface area (Å²) in [4.78, 5) is 24.8. The number of amides is 1. The fourth-order valence-electron chi connectivity index (χ4n) is 3.14. The van der Waals surface area contributed by atoms with E-state index in [0.29, 0.717) is 0 Å². The smallest absolute Gasteiger partial charge is 0.270 e. The first kappa shape index (κ1) is 20.2. The fraction of sp³-hybridized carbons (Fsp3) is 0.278. The first-order valence-corrected chi connectivity index (χ1v) is 10.6. The van der Waals surface area contributed by atoms with Gasteiger partial charge >= 0.3 is 0 Å². The molecule has 28 heavy (non-hydrogen) atoms. The Morgan fingerprint density at radius 3 is 2.61 bits per heavy atom. The molecule has 1 fully saturated rings. The van der Waals surface area contributed by atoms with Gasteiger partial charge in [-0.05, 0) is 18.6 Å². The van der Waals surface area contributed by atoms with E-state index in [9.17, 15) is 27.7 Å². The van der Waals surface area contributed by atoms with Crippen LogP contribution in [-0.4, -0.2) is 41.7 Å². The van der Waals surface area contributed by atoms with Gasteiger partial charge in [0.15, 0.2) is 9.84 Å². The summed E-state index contributed by atoms with van der Waals surface area (Å²) in [5.41, 5.74) is -0.240. The van der Waals surface area contributed by atoms with Crippen molar-refractivity contribution in [2.75, 3.05) is 11.5 Å². The normalized spacial score (nSPS) is 18.0. The molecular formula is C18H16ClFN2O5S. The molecule has 1 amide bonds. The molecular weight excluding hydrogens is 411 g/mol. The SMILES string of the molecule is O=C(c1cc([N+](=O)[O-])ccc1Cl)N(Cc1ccccc1F)C1CCS(=O)(=O)C1. The van der Waals surface area contributed by atoms with Gasteiger partial charge in [0.2, 0.25) is 0 Å². The minimum absolute atomic E-state index is 0.00464. The Bertz CT molecular complexity index is 1040. The topological polar surface area (TPSA) is 97.6 Å². The summed E-state index contributed by atoms with van der Waals surface area (Å²) in [7, 11) is -3.32. The molecule has 3 rings (SSSR count). The lowest BCUT2D eigenvalue weighted by Gasteiger charge is -2.29. The van der Waals surface area contributed by atoms with E-state index in [4.69, 9.17) is 11.6 Å². The molecule has 10 heteroatoms. The number of carbonyl (C=O) groups is 1. The number of benzene rings is 2. The first-order chi connectivity index (χ1) is 13.2. The number of nitrogens with zero attached hydrogens (tertiary/aromatic N) is 2. The van der Waals surface area contributed by atoms with Crippen LogP contribution in [0.2, 0.25) is 5.02 Å². The molecule has 2 aromatic carbocycles. The molecule has 0 aliphatic carbocycles. The number of nitro groups is 1. The standard InChI is InChI=1S/C18H16ClFN2O5S/c19-16-6-5-13(22(24)25)9-15(16)18(23)21(14-7-8-28(26,27)11-14)10-12-3-1-2-4-17(12)20/h1-6,9,14H,7-8,10-11H2. The number of carbonyl (C=O) groups excluding carboxylic acids is 1. The van der Waals surface area contributed by atoms with Crippen molar-refractivity contribution in [2.24, 2.45) is 0 Å². The second-order valence-electron chi connectivity index (χ2n) is 6.50. The maximum atomic E-state index is 14.1. The molecule has 0 saturated carbocycles. The van der Waals surface area contributed by atoms with Gasteiger partial charge in [-0.2, -0.15) is 0 Å². The van der Waals surface area contributed by atoms with Gasteiger partial charge in [-0.15, -0.1) is 0 Å². The Morgan fingerprint density at radius 2 is 2.00 bits per heavy atom. The van der Waals surface area contributed by atoms with Crippen LogP contribution in [0, 0.1) is 15.9 Å². The van der Waals surface area contributed by atoms with Crippen molar-refractivity contribution in [3.63, 3.8) is 0 Å². The van der Waals surface area contributed by atoms with E-state index >= 15 is 0 Å². The predicted octanol–water partition coefficient (Wildman–Crippen LogP) is 3.22. The van der Waals surface area contributed by atoms with Crippen molar-refractivity contribution in [3.8, 4) is 0 Å². The van der Waals surface area contributed by atoms with Crippen LogP contribution < -0.4 is 0 Å². The van der Waals surface area contributed by atoms with Crippen LogP contribution in [0.4, 0.5) is 10.1 Å². The van der Waals surface area contributed by atoms with Gasteiger partial charge in [0.25, 0.3) is 11.6 Å². The maximum absolute atomic E-state index is 14.1. The summed E-state index contributed by atoms with van der Waals surface area (Å²) < 4.78 is 37.9. The average Bonchev–Trinajstić information content (AvgIpc) is 3.00. The first-order valence-electron chi connectivity index (χ1n) is 8.36. The molecule has 0 radical (unpaired) electrons. The van der Waals surface area contributed by atoms with Crippen molar-refractivity contribution in [2.45, 2.75) is 19.0 Å². The van der Waals surface area contributed by atoms with Crippen LogP contribution in [0.3, 0.4) is 0 Å². The Balaban J connectivity index is 2.01. The third-order valence-electron chi connectivity index (χ3n) is 4.60. The van der Waals surface area contributed by atoms with Gasteiger partial charge in [0.05, 0.1) is 27.0 Å². The summed E-state index contributed by atoms with van der Waals surface area (Å²) in [6.45, 7) is -0.176. The van der Waals surface area contributed by atoms with Crippen LogP contribution >= 0.6 is 11.6 Å². The number of sulfone groups is 1. The number of nitro benzene ring substituents is 1. The van der Waals surface area contributed by atoms with Crippen molar-refractivity contribution >= 4 is 33.0 Å². The van der Waals surface area contributed by atoms with E-state index in [0.717, 1.165) is 6.07 Å². The van der Waals surface area contributed by atoms with Crippen molar-refractivity contribution in [1.29, 1.82) is 0 Å². The fourth-order valence-corrected chi connectivity index (χ4v) is 5.07. The molecule has 7 nitrogen and oxygen atoms in total. The highest BCUT2D eigenvalue weighted by Crippen LogP contribution is 2.28. The largest absolute Gasteiger partial charge is 0.330 e. The minimum atomic E-state index is -3.32. The number of hydrogen-bond acceptors (Lipinski definition) is 5. The van der Waals surface area contributed by atoms with Crippen LogP contribution in [0.25, 0.3) is 0 Å². The minimum Gasteiger partial charge on any atom is -0.330 e. The summed E-state index contributed by atoms with van der Waals surface area (Å²) in [6, 6.07) is 8.61. The Hall–Kier alpha value is -2.52. The van der Waals surface area contributed by atoms with Crippen LogP contribution in [0.1, 0.15) is 22.3 Å². The molecule has 1 atom stereocenters. The molecule has 148 valence electrons. The molecule has 1 aliphatic heterocycles. The lowest BCUT2D eigenvalue weighted by molar-refractivity contribution is -0.384. The third-order valence-corrected chi connectivity index (χ3v) is 6.68. The molecule has 1 heterocycles. The number of non-ortho nitro benzene ring substituents is 1. The monoisotopic (exact) mass is 426 g/mol. The molecule has 0 aromatic heterocycles. The van der Waals surface area contributed by atoms with Gasteiger partial charge in [-0.1, -0.05) is 29.8 Å². The number of hydrogen-bond donors (Lipinski definition) is 0. The molecule has 0 N–H and O–H groups in total. The van der Waals surface area contributed by atoms with Gasteiger partial charge in [-0.25, -0.2) is 12.8 Å². The predicted molar refractivity (Wildman–Crippen MR) is 101 cm³/mol. The summed E-state index contributed by atoms with van der Waals surface area (Å²) in [5.74, 6) is -1.55. The van der Waals surface area contributed by atoms with Crippen LogP contribution in [-0.2, 0) is 16.4 Å². The molecule has 1 aliphatic rings. The van der Waals surface area contributed by atoms with E-state index in [1.165, 1.54) is 35.2 Å². The Kier molecular flexibility index (Phi) is 5.66. The van der Waals surface area contributed by atoms with Crippen LogP contribution in [0.5, 0.6) is 0 Å². The highest BCUT2D eigenvalue weighted by atomic mass is 35.5. The average molecular weight is 427 g/mol. The number of halogens is 2. The van der Waals surface area contributed by atoms with Gasteiger partial charge < -0.3 is 4.90 Å².